The van der Waals surface area contributed by atoms with Crippen LogP contribution < -0.4 is 0 Å². The van der Waals surface area contributed by atoms with Crippen molar-refractivity contribution < 1.29 is 19.4 Å². The Morgan fingerprint density at radius 1 is 1.26 bits per heavy atom. The maximum absolute atomic E-state index is 13.4. The quantitative estimate of drug-likeness (QED) is 0.671. The molecule has 0 unspecified atom stereocenters. The number of rotatable bonds is 5. The lowest BCUT2D eigenvalue weighted by atomic mass is 9.44. The van der Waals surface area contributed by atoms with Crippen molar-refractivity contribution in [2.45, 2.75) is 61.6 Å². The Kier molecular flexibility index (Phi) is 4.27. The van der Waals surface area contributed by atoms with Gasteiger partial charge in [-0.2, -0.15) is 0 Å². The van der Waals surface area contributed by atoms with E-state index in [1.54, 1.807) is 24.7 Å². The summed E-state index contributed by atoms with van der Waals surface area (Å²) in [6.45, 7) is 1.77. The second kappa shape index (κ2) is 6.98. The number of likely N-dealkylation sites (N-methyl/N-ethyl adjacent to an activating group) is 1. The van der Waals surface area contributed by atoms with Crippen molar-refractivity contribution in [1.29, 1.82) is 0 Å². The minimum Gasteiger partial charge on any atom is -0.508 e. The van der Waals surface area contributed by atoms with Crippen LogP contribution in [0, 0.1) is 11.8 Å². The average molecular weight is 461 g/mol. The Morgan fingerprint density at radius 2 is 2.12 bits per heavy atom. The molecule has 34 heavy (non-hydrogen) atoms. The van der Waals surface area contributed by atoms with Gasteiger partial charge in [0.1, 0.15) is 5.75 Å². The highest BCUT2D eigenvalue weighted by atomic mass is 16.3. The third-order valence-corrected chi connectivity index (χ3v) is 9.84. The minimum absolute atomic E-state index is 0.0326. The fourth-order valence-electron chi connectivity index (χ4n) is 7.97. The van der Waals surface area contributed by atoms with Crippen LogP contribution in [0.5, 0.6) is 5.75 Å². The molecule has 2 bridgehead atoms. The highest BCUT2D eigenvalue weighted by Gasteiger charge is 2.74. The number of aliphatic hydroxyl groups is 1. The number of hydrogen-bond donors (Lipinski definition) is 2. The Labute approximate surface area is 199 Å². The van der Waals surface area contributed by atoms with E-state index in [1.807, 2.05) is 24.1 Å². The first-order valence-corrected chi connectivity index (χ1v) is 12.7. The predicted molar refractivity (Wildman–Crippen MR) is 127 cm³/mol. The number of likely N-dealkylation sites (tertiary alicyclic amines) is 1. The second-order valence-electron chi connectivity index (χ2n) is 11.3. The first-order chi connectivity index (χ1) is 16.4. The number of phenolic OH excluding ortho intramolecular Hbond substituents is 1. The van der Waals surface area contributed by atoms with Crippen LogP contribution in [0.4, 0.5) is 0 Å². The van der Waals surface area contributed by atoms with Crippen molar-refractivity contribution in [3.8, 4) is 5.75 Å². The number of nitrogens with zero attached hydrogens (tertiary/aromatic N) is 2. The molecule has 2 saturated carbocycles. The van der Waals surface area contributed by atoms with Crippen LogP contribution in [0.15, 0.2) is 41.2 Å². The largest absolute Gasteiger partial charge is 0.508 e. The first kappa shape index (κ1) is 20.8. The summed E-state index contributed by atoms with van der Waals surface area (Å²) in [7, 11) is 1.91. The number of aromatic hydroxyl groups is 1. The molecule has 1 aromatic carbocycles. The summed E-state index contributed by atoms with van der Waals surface area (Å²) in [6.07, 6.45) is 12.4. The zero-order chi connectivity index (χ0) is 23.2. The molecule has 2 heterocycles. The van der Waals surface area contributed by atoms with E-state index >= 15 is 0 Å². The molecule has 1 amide bonds. The van der Waals surface area contributed by atoms with Gasteiger partial charge in [-0.1, -0.05) is 6.07 Å². The standard InChI is InChI=1S/C28H32N2O4/c1-29(25(32)7-4-18-8-11-34-16-18)22-15-30(14-17-2-3-17)24-12-19-5-6-23(31)20-13-21(22)27(26(19)20)9-10-28(24,27)33/h4-8,11,16-17,21-22,24,31,33H,2-3,9-10,12-15H2,1H3/b7-4+/t21-,22+,24+,27+,28+/m0/s1. The van der Waals surface area contributed by atoms with Crippen molar-refractivity contribution in [2.24, 2.45) is 11.8 Å². The maximum Gasteiger partial charge on any atom is 0.246 e. The second-order valence-corrected chi connectivity index (χ2v) is 11.3. The highest BCUT2D eigenvalue weighted by Crippen LogP contribution is 2.69. The van der Waals surface area contributed by atoms with Crippen molar-refractivity contribution in [1.82, 2.24) is 9.80 Å². The molecule has 1 aliphatic heterocycles. The molecule has 5 aliphatic rings. The molecule has 1 spiro atoms. The van der Waals surface area contributed by atoms with Gasteiger partial charge >= 0.3 is 0 Å². The summed E-state index contributed by atoms with van der Waals surface area (Å²) in [5, 5.41) is 23.2. The Morgan fingerprint density at radius 3 is 2.82 bits per heavy atom. The average Bonchev–Trinajstić information content (AvgIpc) is 3.33. The van der Waals surface area contributed by atoms with E-state index < -0.39 is 5.60 Å². The van der Waals surface area contributed by atoms with Crippen molar-refractivity contribution in [3.63, 3.8) is 0 Å². The summed E-state index contributed by atoms with van der Waals surface area (Å²) in [4.78, 5) is 17.8. The van der Waals surface area contributed by atoms with Gasteiger partial charge in [0.05, 0.1) is 18.1 Å². The zero-order valence-corrected chi connectivity index (χ0v) is 19.6. The van der Waals surface area contributed by atoms with Crippen LogP contribution in [0.3, 0.4) is 0 Å². The maximum atomic E-state index is 13.4. The summed E-state index contributed by atoms with van der Waals surface area (Å²) in [6, 6.07) is 5.80. The number of amides is 1. The molecule has 7 rings (SSSR count). The van der Waals surface area contributed by atoms with Gasteiger partial charge in [0.2, 0.25) is 5.91 Å². The highest BCUT2D eigenvalue weighted by molar-refractivity contribution is 5.91. The minimum atomic E-state index is -0.788. The SMILES string of the molecule is CN(C(=O)/C=C/c1ccoc1)[C@@H]1CN(CC2CC2)[C@@H]2Cc3ccc(O)c4c3[C@@]3(CC[C@@]23O)[C@H]1C4. The van der Waals surface area contributed by atoms with Gasteiger partial charge in [-0.05, 0) is 85.3 Å². The van der Waals surface area contributed by atoms with Crippen LogP contribution in [-0.2, 0) is 23.1 Å². The molecule has 6 heteroatoms. The fourth-order valence-corrected chi connectivity index (χ4v) is 7.97. The molecule has 178 valence electrons. The van der Waals surface area contributed by atoms with Gasteiger partial charge in [-0.15, -0.1) is 0 Å². The molecule has 0 radical (unpaired) electrons. The number of carbonyl (C=O) groups excluding carboxylic acids is 1. The number of benzene rings is 1. The lowest BCUT2D eigenvalue weighted by Gasteiger charge is -2.64. The molecule has 5 atom stereocenters. The van der Waals surface area contributed by atoms with Crippen LogP contribution in [0.25, 0.3) is 6.08 Å². The summed E-state index contributed by atoms with van der Waals surface area (Å²) in [5.74, 6) is 1.11. The van der Waals surface area contributed by atoms with Crippen LogP contribution in [0.1, 0.15) is 47.9 Å². The van der Waals surface area contributed by atoms with Crippen LogP contribution in [-0.4, -0.2) is 63.7 Å². The van der Waals surface area contributed by atoms with E-state index in [9.17, 15) is 15.0 Å². The van der Waals surface area contributed by atoms with Crippen molar-refractivity contribution in [2.75, 3.05) is 20.1 Å². The lowest BCUT2D eigenvalue weighted by Crippen LogP contribution is -2.73. The van der Waals surface area contributed by atoms with Gasteiger partial charge in [-0.3, -0.25) is 9.69 Å². The van der Waals surface area contributed by atoms with E-state index in [4.69, 9.17) is 4.42 Å². The molecule has 4 aliphatic carbocycles. The first-order valence-electron chi connectivity index (χ1n) is 12.7. The third kappa shape index (κ3) is 2.61. The van der Waals surface area contributed by atoms with E-state index in [0.29, 0.717) is 11.7 Å². The number of furan rings is 1. The molecule has 6 nitrogen and oxygen atoms in total. The zero-order valence-electron chi connectivity index (χ0n) is 19.6. The third-order valence-electron chi connectivity index (χ3n) is 9.84. The monoisotopic (exact) mass is 460 g/mol. The fraction of sp³-hybridized carbons (Fsp3) is 0.536. The normalized spacial score (nSPS) is 35.6. The molecular formula is C28H32N2O4. The summed E-state index contributed by atoms with van der Waals surface area (Å²) >= 11 is 0. The van der Waals surface area contributed by atoms with E-state index in [0.717, 1.165) is 49.9 Å². The van der Waals surface area contributed by atoms with Crippen molar-refractivity contribution >= 4 is 12.0 Å². The van der Waals surface area contributed by atoms with Crippen LogP contribution in [0.2, 0.25) is 0 Å². The molecule has 2 N–H and O–H groups in total. The van der Waals surface area contributed by atoms with E-state index in [2.05, 4.69) is 11.0 Å². The molecule has 1 saturated heterocycles. The van der Waals surface area contributed by atoms with E-state index in [1.165, 1.54) is 24.0 Å². The van der Waals surface area contributed by atoms with Gasteiger partial charge in [0, 0.05) is 49.3 Å². The molecule has 1 aromatic heterocycles. The van der Waals surface area contributed by atoms with Gasteiger partial charge < -0.3 is 19.5 Å². The summed E-state index contributed by atoms with van der Waals surface area (Å²) < 4.78 is 5.13. The van der Waals surface area contributed by atoms with Gasteiger partial charge in [0.15, 0.2) is 0 Å². The van der Waals surface area contributed by atoms with Gasteiger partial charge in [-0.25, -0.2) is 0 Å². The Balaban J connectivity index is 1.32. The Hall–Kier alpha value is -2.57. The van der Waals surface area contributed by atoms with Gasteiger partial charge in [0.25, 0.3) is 0 Å². The molecule has 3 fully saturated rings. The summed E-state index contributed by atoms with van der Waals surface area (Å²) in [5.41, 5.74) is 3.21. The van der Waals surface area contributed by atoms with E-state index in [-0.39, 0.29) is 29.3 Å². The molecular weight excluding hydrogens is 428 g/mol. The Bertz CT molecular complexity index is 1190. The van der Waals surface area contributed by atoms with Crippen molar-refractivity contribution in [3.05, 3.63) is 59.1 Å². The topological polar surface area (TPSA) is 77.2 Å². The number of hydrogen-bond acceptors (Lipinski definition) is 5. The number of carbonyl (C=O) groups is 1. The predicted octanol–water partition coefficient (Wildman–Crippen LogP) is 3.11. The molecule has 2 aromatic rings. The smallest absolute Gasteiger partial charge is 0.246 e. The van der Waals surface area contributed by atoms with Crippen LogP contribution >= 0.6 is 0 Å². The lowest BCUT2D eigenvalue weighted by molar-refractivity contribution is -0.181. The number of phenols is 1.